The molecule has 0 aliphatic rings. The van der Waals surface area contributed by atoms with E-state index in [9.17, 15) is 13.2 Å². The smallest absolute Gasteiger partial charge is 0.318 e. The summed E-state index contributed by atoms with van der Waals surface area (Å²) >= 11 is 0. The molecule has 18 heavy (non-hydrogen) atoms. The first-order chi connectivity index (χ1) is 8.45. The minimum atomic E-state index is -3.78. The van der Waals surface area contributed by atoms with Crippen molar-refractivity contribution in [2.75, 3.05) is 13.2 Å². The fraction of sp³-hybridized carbons (Fsp3) is 0.364. The monoisotopic (exact) mass is 273 g/mol. The third kappa shape index (κ3) is 4.34. The molecule has 0 saturated heterocycles. The first kappa shape index (κ1) is 14.5. The maximum atomic E-state index is 11.6. The van der Waals surface area contributed by atoms with E-state index in [1.165, 1.54) is 24.3 Å². The van der Waals surface area contributed by atoms with Gasteiger partial charge in [-0.2, -0.15) is 4.72 Å². The molecular formula is C11H15NO5S. The van der Waals surface area contributed by atoms with Gasteiger partial charge in [-0.05, 0) is 30.7 Å². The summed E-state index contributed by atoms with van der Waals surface area (Å²) in [5, 5.41) is 8.42. The Morgan fingerprint density at radius 1 is 1.33 bits per heavy atom. The van der Waals surface area contributed by atoms with Gasteiger partial charge in [0.05, 0.1) is 11.5 Å². The molecule has 0 radical (unpaired) electrons. The Hall–Kier alpha value is -1.60. The van der Waals surface area contributed by atoms with Gasteiger partial charge in [0.25, 0.3) is 0 Å². The summed E-state index contributed by atoms with van der Waals surface area (Å²) in [6, 6.07) is 5.81. The third-order valence-corrected chi connectivity index (χ3v) is 3.44. The van der Waals surface area contributed by atoms with Gasteiger partial charge in [0, 0.05) is 0 Å². The molecule has 0 amide bonds. The van der Waals surface area contributed by atoms with Crippen molar-refractivity contribution >= 4 is 16.0 Å². The molecule has 0 heterocycles. The largest absolute Gasteiger partial charge is 0.494 e. The number of carbonyl (C=O) groups is 1. The van der Waals surface area contributed by atoms with Crippen LogP contribution in [0.3, 0.4) is 0 Å². The molecule has 0 unspecified atom stereocenters. The number of hydrogen-bond acceptors (Lipinski definition) is 4. The number of benzene rings is 1. The number of aliphatic carboxylic acids is 1. The van der Waals surface area contributed by atoms with Gasteiger partial charge in [0.15, 0.2) is 0 Å². The van der Waals surface area contributed by atoms with E-state index in [4.69, 9.17) is 9.84 Å². The van der Waals surface area contributed by atoms with E-state index in [2.05, 4.69) is 0 Å². The Labute approximate surface area is 106 Å². The Kier molecular flexibility index (Phi) is 5.11. The van der Waals surface area contributed by atoms with Gasteiger partial charge >= 0.3 is 5.97 Å². The second kappa shape index (κ2) is 6.36. The number of nitrogens with one attached hydrogen (secondary N) is 1. The first-order valence-electron chi connectivity index (χ1n) is 5.40. The van der Waals surface area contributed by atoms with Crippen molar-refractivity contribution in [2.45, 2.75) is 18.2 Å². The van der Waals surface area contributed by atoms with Crippen molar-refractivity contribution < 1.29 is 23.1 Å². The van der Waals surface area contributed by atoms with E-state index in [0.29, 0.717) is 12.4 Å². The molecule has 0 fully saturated rings. The first-order valence-corrected chi connectivity index (χ1v) is 6.88. The molecule has 6 nitrogen and oxygen atoms in total. The lowest BCUT2D eigenvalue weighted by molar-refractivity contribution is -0.135. The van der Waals surface area contributed by atoms with Crippen molar-refractivity contribution in [1.82, 2.24) is 4.72 Å². The standard InChI is InChI=1S/C11H15NO5S/c1-2-7-17-9-3-5-10(6-4-9)18(15,16)12-8-11(13)14/h3-6,12H,2,7-8H2,1H3,(H,13,14). The van der Waals surface area contributed by atoms with Crippen LogP contribution in [0.1, 0.15) is 13.3 Å². The number of rotatable bonds is 7. The topological polar surface area (TPSA) is 92.7 Å². The highest BCUT2D eigenvalue weighted by molar-refractivity contribution is 7.89. The van der Waals surface area contributed by atoms with Gasteiger partial charge in [-0.25, -0.2) is 8.42 Å². The molecule has 0 bridgehead atoms. The van der Waals surface area contributed by atoms with Crippen molar-refractivity contribution in [2.24, 2.45) is 0 Å². The summed E-state index contributed by atoms with van der Waals surface area (Å²) in [6.45, 7) is 1.88. The van der Waals surface area contributed by atoms with Crippen LogP contribution in [0.25, 0.3) is 0 Å². The zero-order valence-electron chi connectivity index (χ0n) is 9.92. The van der Waals surface area contributed by atoms with Gasteiger partial charge in [-0.3, -0.25) is 4.79 Å². The maximum absolute atomic E-state index is 11.6. The Morgan fingerprint density at radius 2 is 1.94 bits per heavy atom. The van der Waals surface area contributed by atoms with Crippen molar-refractivity contribution in [3.63, 3.8) is 0 Å². The summed E-state index contributed by atoms with van der Waals surface area (Å²) in [6.07, 6.45) is 0.861. The third-order valence-electron chi connectivity index (χ3n) is 2.02. The average Bonchev–Trinajstić information content (AvgIpc) is 2.34. The number of ether oxygens (including phenoxy) is 1. The molecule has 1 aromatic rings. The molecule has 100 valence electrons. The minimum absolute atomic E-state index is 0.00704. The number of carboxylic acids is 1. The van der Waals surface area contributed by atoms with Crippen molar-refractivity contribution in [3.8, 4) is 5.75 Å². The van der Waals surface area contributed by atoms with Gasteiger partial charge in [-0.15, -0.1) is 0 Å². The lowest BCUT2D eigenvalue weighted by Crippen LogP contribution is -2.29. The molecule has 2 N–H and O–H groups in total. The number of sulfonamides is 1. The highest BCUT2D eigenvalue weighted by atomic mass is 32.2. The predicted octanol–water partition coefficient (Wildman–Crippen LogP) is 0.838. The molecule has 0 saturated carbocycles. The highest BCUT2D eigenvalue weighted by Gasteiger charge is 2.14. The Balaban J connectivity index is 2.74. The molecule has 0 spiro atoms. The second-order valence-corrected chi connectivity index (χ2v) is 5.31. The summed E-state index contributed by atoms with van der Waals surface area (Å²) in [7, 11) is -3.78. The molecule has 0 atom stereocenters. The SMILES string of the molecule is CCCOc1ccc(S(=O)(=O)NCC(=O)O)cc1. The van der Waals surface area contributed by atoms with Crippen LogP contribution < -0.4 is 9.46 Å². The molecule has 1 aromatic carbocycles. The molecule has 0 aliphatic carbocycles. The average molecular weight is 273 g/mol. The van der Waals surface area contributed by atoms with Gasteiger partial charge in [-0.1, -0.05) is 6.92 Å². The zero-order valence-corrected chi connectivity index (χ0v) is 10.7. The van der Waals surface area contributed by atoms with Crippen LogP contribution in [-0.2, 0) is 14.8 Å². The van der Waals surface area contributed by atoms with Gasteiger partial charge in [0.2, 0.25) is 10.0 Å². The van der Waals surface area contributed by atoms with Crippen LogP contribution in [0.5, 0.6) is 5.75 Å². The quantitative estimate of drug-likeness (QED) is 0.768. The molecular weight excluding hydrogens is 258 g/mol. The van der Waals surface area contributed by atoms with Crippen molar-refractivity contribution in [1.29, 1.82) is 0 Å². The van der Waals surface area contributed by atoms with E-state index < -0.39 is 22.5 Å². The van der Waals surface area contributed by atoms with Crippen LogP contribution in [-0.4, -0.2) is 32.6 Å². The molecule has 0 aromatic heterocycles. The molecule has 1 rings (SSSR count). The summed E-state index contributed by atoms with van der Waals surface area (Å²) < 4.78 is 30.6. The Bertz CT molecular complexity index is 495. The van der Waals surface area contributed by atoms with E-state index in [1.54, 1.807) is 0 Å². The van der Waals surface area contributed by atoms with E-state index >= 15 is 0 Å². The summed E-state index contributed by atoms with van der Waals surface area (Å²) in [4.78, 5) is 10.3. The lowest BCUT2D eigenvalue weighted by atomic mass is 10.3. The molecule has 7 heteroatoms. The van der Waals surface area contributed by atoms with Crippen LogP contribution >= 0.6 is 0 Å². The van der Waals surface area contributed by atoms with E-state index in [-0.39, 0.29) is 4.90 Å². The number of carboxylic acid groups (broad SMARTS) is 1. The maximum Gasteiger partial charge on any atom is 0.318 e. The highest BCUT2D eigenvalue weighted by Crippen LogP contribution is 2.15. The fourth-order valence-electron chi connectivity index (χ4n) is 1.18. The normalized spacial score (nSPS) is 11.2. The predicted molar refractivity (Wildman–Crippen MR) is 65.1 cm³/mol. The number of hydrogen-bond donors (Lipinski definition) is 2. The van der Waals surface area contributed by atoms with E-state index in [0.717, 1.165) is 6.42 Å². The van der Waals surface area contributed by atoms with Crippen LogP contribution in [0.15, 0.2) is 29.2 Å². The molecule has 0 aliphatic heterocycles. The van der Waals surface area contributed by atoms with Crippen LogP contribution in [0.2, 0.25) is 0 Å². The Morgan fingerprint density at radius 3 is 2.44 bits per heavy atom. The van der Waals surface area contributed by atoms with Crippen LogP contribution in [0, 0.1) is 0 Å². The van der Waals surface area contributed by atoms with Crippen LogP contribution in [0.4, 0.5) is 0 Å². The van der Waals surface area contributed by atoms with Gasteiger partial charge in [0.1, 0.15) is 12.3 Å². The van der Waals surface area contributed by atoms with Crippen molar-refractivity contribution in [3.05, 3.63) is 24.3 Å². The zero-order chi connectivity index (χ0) is 13.6. The van der Waals surface area contributed by atoms with Gasteiger partial charge < -0.3 is 9.84 Å². The summed E-state index contributed by atoms with van der Waals surface area (Å²) in [5.74, 6) is -0.657. The summed E-state index contributed by atoms with van der Waals surface area (Å²) in [5.41, 5.74) is 0. The van der Waals surface area contributed by atoms with E-state index in [1.807, 2.05) is 11.6 Å². The lowest BCUT2D eigenvalue weighted by Gasteiger charge is -2.07. The minimum Gasteiger partial charge on any atom is -0.494 e. The fourth-order valence-corrected chi connectivity index (χ4v) is 2.15. The second-order valence-electron chi connectivity index (χ2n) is 3.54.